The van der Waals surface area contributed by atoms with E-state index in [2.05, 4.69) is 31.9 Å². The van der Waals surface area contributed by atoms with Gasteiger partial charge in [-0.25, -0.2) is 0 Å². The molecule has 0 spiro atoms. The number of hydrogen-bond donors (Lipinski definition) is 2. The van der Waals surface area contributed by atoms with Gasteiger partial charge in [0.05, 0.1) is 6.10 Å². The van der Waals surface area contributed by atoms with Gasteiger partial charge in [0.25, 0.3) is 0 Å². The third-order valence-corrected chi connectivity index (χ3v) is 3.40. The molecule has 2 nitrogen and oxygen atoms in total. The molecule has 12 heavy (non-hydrogen) atoms. The van der Waals surface area contributed by atoms with Crippen molar-refractivity contribution in [3.8, 4) is 0 Å². The average molecular weight is 300 g/mol. The highest BCUT2D eigenvalue weighted by Gasteiger charge is 2.26. The highest BCUT2D eigenvalue weighted by atomic mass is 79.9. The van der Waals surface area contributed by atoms with Crippen LogP contribution in [0.15, 0.2) is 10.1 Å². The lowest BCUT2D eigenvalue weighted by Gasteiger charge is -2.26. The molecule has 2 atom stereocenters. The molecule has 0 aliphatic heterocycles. The van der Waals surface area contributed by atoms with E-state index in [0.29, 0.717) is 6.42 Å². The number of aliphatic hydroxyl groups excluding tert-OH is 2. The summed E-state index contributed by atoms with van der Waals surface area (Å²) in [6, 6.07) is 0. The van der Waals surface area contributed by atoms with Crippen LogP contribution in [0.1, 0.15) is 19.3 Å². The van der Waals surface area contributed by atoms with Gasteiger partial charge in [-0.1, -0.05) is 31.9 Å². The van der Waals surface area contributed by atoms with Crippen molar-refractivity contribution in [2.45, 2.75) is 31.5 Å². The Morgan fingerprint density at radius 1 is 1.42 bits per heavy atom. The molecule has 0 unspecified atom stereocenters. The minimum atomic E-state index is -0.675. The first-order chi connectivity index (χ1) is 5.66. The lowest BCUT2D eigenvalue weighted by Crippen LogP contribution is -2.31. The van der Waals surface area contributed by atoms with E-state index in [4.69, 9.17) is 0 Å². The second-order valence-corrected chi connectivity index (χ2v) is 4.67. The summed E-state index contributed by atoms with van der Waals surface area (Å²) in [5.74, 6) is 0. The van der Waals surface area contributed by atoms with Crippen LogP contribution in [0.3, 0.4) is 0 Å². The Kier molecular flexibility index (Phi) is 4.23. The molecule has 70 valence electrons. The second kappa shape index (κ2) is 4.74. The van der Waals surface area contributed by atoms with E-state index in [1.54, 1.807) is 0 Å². The van der Waals surface area contributed by atoms with Crippen LogP contribution in [0.5, 0.6) is 0 Å². The van der Waals surface area contributed by atoms with Crippen LogP contribution >= 0.6 is 31.9 Å². The van der Waals surface area contributed by atoms with E-state index in [1.165, 1.54) is 0 Å². The predicted molar refractivity (Wildman–Crippen MR) is 55.6 cm³/mol. The van der Waals surface area contributed by atoms with Crippen molar-refractivity contribution >= 4 is 31.9 Å². The zero-order valence-corrected chi connectivity index (χ0v) is 9.81. The van der Waals surface area contributed by atoms with E-state index in [1.807, 2.05) is 0 Å². The van der Waals surface area contributed by atoms with Crippen molar-refractivity contribution in [3.63, 3.8) is 0 Å². The summed E-state index contributed by atoms with van der Waals surface area (Å²) in [6.07, 6.45) is 1.01. The fourth-order valence-electron chi connectivity index (χ4n) is 1.37. The molecular weight excluding hydrogens is 288 g/mol. The molecule has 0 saturated carbocycles. The van der Waals surface area contributed by atoms with Crippen LogP contribution in [0.25, 0.3) is 0 Å². The van der Waals surface area contributed by atoms with Crippen molar-refractivity contribution in [3.05, 3.63) is 10.1 Å². The molecule has 0 radical (unpaired) electrons. The summed E-state index contributed by atoms with van der Waals surface area (Å²) >= 11 is 6.72. The Morgan fingerprint density at radius 2 is 2.08 bits per heavy atom. The molecule has 1 rings (SSSR count). The molecule has 4 heteroatoms. The van der Waals surface area contributed by atoms with Crippen molar-refractivity contribution in [2.24, 2.45) is 0 Å². The molecule has 0 aromatic rings. The van der Waals surface area contributed by atoms with Crippen molar-refractivity contribution in [1.29, 1.82) is 0 Å². The summed E-state index contributed by atoms with van der Waals surface area (Å²) < 4.78 is 1.06. The van der Waals surface area contributed by atoms with Crippen molar-refractivity contribution in [2.75, 3.05) is 5.33 Å². The monoisotopic (exact) mass is 298 g/mol. The Labute approximate surface area is 88.9 Å². The first kappa shape index (κ1) is 10.7. The van der Waals surface area contributed by atoms with Gasteiger partial charge in [-0.2, -0.15) is 0 Å². The lowest BCUT2D eigenvalue weighted by atomic mass is 9.92. The predicted octanol–water partition coefficient (Wildman–Crippen LogP) is 1.94. The van der Waals surface area contributed by atoms with Crippen LogP contribution in [0, 0.1) is 0 Å². The SMILES string of the molecule is O[C@@H]1C(CCBr)=C(Br)CC[C@@H]1O. The molecule has 1 aliphatic carbocycles. The largest absolute Gasteiger partial charge is 0.390 e. The fraction of sp³-hybridized carbons (Fsp3) is 0.750. The Bertz CT molecular complexity index is 191. The van der Waals surface area contributed by atoms with Gasteiger partial charge < -0.3 is 10.2 Å². The van der Waals surface area contributed by atoms with E-state index in [-0.39, 0.29) is 0 Å². The number of allylic oxidation sites excluding steroid dienone is 1. The molecule has 0 aromatic carbocycles. The zero-order valence-electron chi connectivity index (χ0n) is 6.63. The summed E-state index contributed by atoms with van der Waals surface area (Å²) in [4.78, 5) is 0. The minimum absolute atomic E-state index is 0.583. The highest BCUT2D eigenvalue weighted by Crippen LogP contribution is 2.31. The van der Waals surface area contributed by atoms with Gasteiger partial charge >= 0.3 is 0 Å². The molecule has 1 aliphatic rings. The van der Waals surface area contributed by atoms with E-state index in [0.717, 1.165) is 28.2 Å². The van der Waals surface area contributed by atoms with Crippen LogP contribution < -0.4 is 0 Å². The Hall–Kier alpha value is 0.620. The zero-order chi connectivity index (χ0) is 9.14. The maximum atomic E-state index is 9.58. The normalized spacial score (nSPS) is 31.0. The molecule has 2 N–H and O–H groups in total. The Balaban J connectivity index is 2.74. The first-order valence-corrected chi connectivity index (χ1v) is 5.87. The van der Waals surface area contributed by atoms with Gasteiger partial charge in [-0.15, -0.1) is 0 Å². The third kappa shape index (κ3) is 2.31. The molecule has 0 heterocycles. The first-order valence-electron chi connectivity index (χ1n) is 3.96. The summed E-state index contributed by atoms with van der Waals surface area (Å²) in [5.41, 5.74) is 0.936. The van der Waals surface area contributed by atoms with Gasteiger partial charge in [-0.3, -0.25) is 0 Å². The van der Waals surface area contributed by atoms with Crippen LogP contribution in [0.2, 0.25) is 0 Å². The van der Waals surface area contributed by atoms with Crippen molar-refractivity contribution < 1.29 is 10.2 Å². The third-order valence-electron chi connectivity index (χ3n) is 2.09. The quantitative estimate of drug-likeness (QED) is 0.765. The minimum Gasteiger partial charge on any atom is -0.390 e. The van der Waals surface area contributed by atoms with E-state index in [9.17, 15) is 10.2 Å². The highest BCUT2D eigenvalue weighted by molar-refractivity contribution is 9.11. The number of aliphatic hydroxyl groups is 2. The summed E-state index contributed by atoms with van der Waals surface area (Å²) in [6.45, 7) is 0. The topological polar surface area (TPSA) is 40.5 Å². The number of halogens is 2. The van der Waals surface area contributed by atoms with Crippen LogP contribution in [0.4, 0.5) is 0 Å². The molecular formula is C8H12Br2O2. The maximum absolute atomic E-state index is 9.58. The second-order valence-electron chi connectivity index (χ2n) is 2.92. The van der Waals surface area contributed by atoms with Crippen molar-refractivity contribution in [1.82, 2.24) is 0 Å². The number of alkyl halides is 1. The van der Waals surface area contributed by atoms with Gasteiger partial charge in [0.15, 0.2) is 0 Å². The standard InChI is InChI=1S/C8H12Br2O2/c9-4-3-5-6(10)1-2-7(11)8(5)12/h7-8,11-12H,1-4H2/t7-,8+/m0/s1. The molecule has 0 amide bonds. The smallest absolute Gasteiger partial charge is 0.102 e. The molecule has 0 saturated heterocycles. The number of hydrogen-bond acceptors (Lipinski definition) is 2. The summed E-state index contributed by atoms with van der Waals surface area (Å²) in [7, 11) is 0. The van der Waals surface area contributed by atoms with Crippen LogP contribution in [-0.2, 0) is 0 Å². The molecule has 0 bridgehead atoms. The van der Waals surface area contributed by atoms with Gasteiger partial charge in [0.1, 0.15) is 6.10 Å². The van der Waals surface area contributed by atoms with Gasteiger partial charge in [0, 0.05) is 5.33 Å². The van der Waals surface area contributed by atoms with E-state index < -0.39 is 12.2 Å². The fourth-order valence-corrected chi connectivity index (χ4v) is 2.46. The Morgan fingerprint density at radius 3 is 2.67 bits per heavy atom. The van der Waals surface area contributed by atoms with Gasteiger partial charge in [0.2, 0.25) is 0 Å². The van der Waals surface area contributed by atoms with Gasteiger partial charge in [-0.05, 0) is 29.3 Å². The molecule has 0 fully saturated rings. The van der Waals surface area contributed by atoms with E-state index >= 15 is 0 Å². The lowest BCUT2D eigenvalue weighted by molar-refractivity contribution is 0.0294. The van der Waals surface area contributed by atoms with Crippen LogP contribution in [-0.4, -0.2) is 27.8 Å². The molecule has 0 aromatic heterocycles. The number of rotatable bonds is 2. The summed E-state index contributed by atoms with van der Waals surface area (Å²) in [5, 5.41) is 19.8. The maximum Gasteiger partial charge on any atom is 0.102 e. The average Bonchev–Trinajstić information content (AvgIpc) is 2.06.